The maximum atomic E-state index is 6.24. The fraction of sp³-hybridized carbons (Fsp3) is 0.370. The summed E-state index contributed by atoms with van der Waals surface area (Å²) in [5.41, 5.74) is 5.26. The van der Waals surface area contributed by atoms with Crippen molar-refractivity contribution in [1.82, 2.24) is 4.57 Å². The second-order valence-corrected chi connectivity index (χ2v) is 8.41. The molecule has 2 aromatic carbocycles. The molecule has 2 aliphatic rings. The van der Waals surface area contributed by atoms with Crippen LogP contribution >= 0.6 is 0 Å². The van der Waals surface area contributed by atoms with Crippen LogP contribution in [-0.2, 0) is 24.3 Å². The molecule has 0 radical (unpaired) electrons. The molecular formula is C27H30N2O4. The van der Waals surface area contributed by atoms with Crippen molar-refractivity contribution in [3.63, 3.8) is 0 Å². The number of benzene rings is 2. The van der Waals surface area contributed by atoms with Crippen molar-refractivity contribution in [2.75, 3.05) is 27.4 Å². The molecule has 1 atom stereocenters. The summed E-state index contributed by atoms with van der Waals surface area (Å²) in [4.78, 5) is 4.97. The van der Waals surface area contributed by atoms with Gasteiger partial charge in [0.1, 0.15) is 29.3 Å². The molecule has 3 heterocycles. The minimum absolute atomic E-state index is 0.195. The Bertz CT molecular complexity index is 1180. The quantitative estimate of drug-likeness (QED) is 0.540. The van der Waals surface area contributed by atoms with E-state index in [0.717, 1.165) is 77.5 Å². The zero-order valence-electron chi connectivity index (χ0n) is 19.3. The summed E-state index contributed by atoms with van der Waals surface area (Å²) in [6, 6.07) is 18.3. The number of aromatic nitrogens is 1. The molecule has 3 aromatic rings. The minimum Gasteiger partial charge on any atom is -0.496 e. The summed E-state index contributed by atoms with van der Waals surface area (Å²) < 4.78 is 25.7. The Kier molecular flexibility index (Phi) is 6.35. The van der Waals surface area contributed by atoms with Crippen molar-refractivity contribution < 1.29 is 18.9 Å². The molecule has 1 unspecified atom stereocenters. The molecule has 0 spiro atoms. The summed E-state index contributed by atoms with van der Waals surface area (Å²) in [6.07, 6.45) is 3.21. The highest BCUT2D eigenvalue weighted by atomic mass is 16.5. The number of ether oxygens (including phenoxy) is 4. The van der Waals surface area contributed by atoms with Gasteiger partial charge < -0.3 is 23.5 Å². The van der Waals surface area contributed by atoms with Crippen LogP contribution in [0, 0.1) is 0 Å². The van der Waals surface area contributed by atoms with E-state index in [0.29, 0.717) is 13.2 Å². The third-order valence-corrected chi connectivity index (χ3v) is 6.36. The predicted molar refractivity (Wildman–Crippen MR) is 127 cm³/mol. The van der Waals surface area contributed by atoms with Crippen molar-refractivity contribution >= 4 is 0 Å². The van der Waals surface area contributed by atoms with Gasteiger partial charge in [-0.05, 0) is 37.0 Å². The van der Waals surface area contributed by atoms with Gasteiger partial charge in [-0.25, -0.2) is 0 Å². The lowest BCUT2D eigenvalue weighted by atomic mass is 9.95. The van der Waals surface area contributed by atoms with E-state index in [2.05, 4.69) is 22.8 Å². The Hall–Kier alpha value is -3.25. The van der Waals surface area contributed by atoms with Crippen molar-refractivity contribution in [2.45, 2.75) is 38.5 Å². The molecule has 172 valence electrons. The number of hydrogen-bond acceptors (Lipinski definition) is 5. The molecule has 1 saturated heterocycles. The van der Waals surface area contributed by atoms with E-state index in [-0.39, 0.29) is 6.10 Å². The van der Waals surface area contributed by atoms with Gasteiger partial charge in [-0.1, -0.05) is 30.3 Å². The fourth-order valence-electron chi connectivity index (χ4n) is 4.69. The number of fused-ring (bicyclic) bond motifs is 3. The van der Waals surface area contributed by atoms with E-state index in [4.69, 9.17) is 23.9 Å². The van der Waals surface area contributed by atoms with Crippen molar-refractivity contribution in [2.24, 2.45) is 4.99 Å². The Morgan fingerprint density at radius 3 is 2.61 bits per heavy atom. The average Bonchev–Trinajstić information content (AvgIpc) is 3.39. The normalized spacial score (nSPS) is 17.4. The summed E-state index contributed by atoms with van der Waals surface area (Å²) in [5.74, 6) is 2.49. The summed E-state index contributed by atoms with van der Waals surface area (Å²) in [5, 5.41) is 0. The Balaban J connectivity index is 1.60. The van der Waals surface area contributed by atoms with Crippen molar-refractivity contribution in [3.8, 4) is 28.5 Å². The van der Waals surface area contributed by atoms with Gasteiger partial charge in [-0.3, -0.25) is 4.99 Å². The number of nitrogens with zero attached hydrogens (tertiary/aromatic N) is 2. The first kappa shape index (κ1) is 21.6. The Labute approximate surface area is 194 Å². The van der Waals surface area contributed by atoms with Crippen LogP contribution in [0.25, 0.3) is 11.3 Å². The van der Waals surface area contributed by atoms with E-state index >= 15 is 0 Å². The van der Waals surface area contributed by atoms with Gasteiger partial charge >= 0.3 is 0 Å². The highest BCUT2D eigenvalue weighted by Gasteiger charge is 2.25. The molecule has 6 nitrogen and oxygen atoms in total. The van der Waals surface area contributed by atoms with Gasteiger partial charge in [0.15, 0.2) is 0 Å². The monoisotopic (exact) mass is 446 g/mol. The van der Waals surface area contributed by atoms with Gasteiger partial charge in [0.05, 0.1) is 32.6 Å². The van der Waals surface area contributed by atoms with Crippen LogP contribution < -0.4 is 19.7 Å². The molecule has 0 bridgehead atoms. The van der Waals surface area contributed by atoms with Gasteiger partial charge in [0.25, 0.3) is 0 Å². The fourth-order valence-corrected chi connectivity index (χ4v) is 4.69. The van der Waals surface area contributed by atoms with Crippen molar-refractivity contribution in [1.29, 1.82) is 0 Å². The minimum atomic E-state index is 0.195. The third kappa shape index (κ3) is 4.48. The molecule has 0 amide bonds. The first-order chi connectivity index (χ1) is 16.3. The Morgan fingerprint density at radius 1 is 1.03 bits per heavy atom. The second-order valence-electron chi connectivity index (χ2n) is 8.41. The van der Waals surface area contributed by atoms with Crippen LogP contribution in [0.1, 0.15) is 24.0 Å². The van der Waals surface area contributed by atoms with Crippen LogP contribution in [0.4, 0.5) is 0 Å². The zero-order chi connectivity index (χ0) is 22.6. The van der Waals surface area contributed by atoms with E-state index < -0.39 is 0 Å². The van der Waals surface area contributed by atoms with Crippen LogP contribution in [0.3, 0.4) is 0 Å². The van der Waals surface area contributed by atoms with E-state index in [1.807, 2.05) is 36.4 Å². The largest absolute Gasteiger partial charge is 0.496 e. The number of hydrogen-bond donors (Lipinski definition) is 0. The van der Waals surface area contributed by atoms with Crippen LogP contribution in [0.2, 0.25) is 0 Å². The predicted octanol–water partition coefficient (Wildman–Crippen LogP) is 4.39. The molecule has 5 rings (SSSR count). The molecule has 1 aromatic heterocycles. The molecule has 6 heteroatoms. The van der Waals surface area contributed by atoms with Crippen LogP contribution in [0.5, 0.6) is 17.2 Å². The lowest BCUT2D eigenvalue weighted by Crippen LogP contribution is -2.28. The molecular weight excluding hydrogens is 416 g/mol. The highest BCUT2D eigenvalue weighted by Crippen LogP contribution is 2.42. The Morgan fingerprint density at radius 2 is 1.85 bits per heavy atom. The first-order valence-electron chi connectivity index (χ1n) is 11.5. The van der Waals surface area contributed by atoms with E-state index in [1.165, 1.54) is 0 Å². The van der Waals surface area contributed by atoms with E-state index in [1.54, 1.807) is 14.2 Å². The lowest BCUT2D eigenvalue weighted by Gasteiger charge is -2.27. The topological polar surface area (TPSA) is 54.2 Å². The first-order valence-corrected chi connectivity index (χ1v) is 11.5. The maximum absolute atomic E-state index is 6.24. The molecule has 0 N–H and O–H groups in total. The summed E-state index contributed by atoms with van der Waals surface area (Å²) >= 11 is 0. The maximum Gasteiger partial charge on any atom is 0.131 e. The smallest absolute Gasteiger partial charge is 0.131 e. The van der Waals surface area contributed by atoms with Crippen LogP contribution in [-0.4, -0.2) is 38.0 Å². The lowest BCUT2D eigenvalue weighted by molar-refractivity contribution is 0.117. The molecule has 0 saturated carbocycles. The number of pyridine rings is 1. The van der Waals surface area contributed by atoms with Gasteiger partial charge in [0, 0.05) is 36.4 Å². The van der Waals surface area contributed by atoms with E-state index in [9.17, 15) is 0 Å². The molecule has 0 aliphatic carbocycles. The summed E-state index contributed by atoms with van der Waals surface area (Å²) in [6.45, 7) is 2.80. The van der Waals surface area contributed by atoms with Gasteiger partial charge in [-0.2, -0.15) is 0 Å². The molecule has 2 aliphatic heterocycles. The molecule has 1 fully saturated rings. The van der Waals surface area contributed by atoms with Crippen LogP contribution in [0.15, 0.2) is 59.6 Å². The zero-order valence-corrected chi connectivity index (χ0v) is 19.3. The highest BCUT2D eigenvalue weighted by molar-refractivity contribution is 5.76. The van der Waals surface area contributed by atoms with Crippen molar-refractivity contribution in [3.05, 3.63) is 71.2 Å². The van der Waals surface area contributed by atoms with Gasteiger partial charge in [0.2, 0.25) is 0 Å². The average molecular weight is 447 g/mol. The van der Waals surface area contributed by atoms with Gasteiger partial charge in [-0.15, -0.1) is 0 Å². The number of methoxy groups -OCH3 is 2. The molecule has 33 heavy (non-hydrogen) atoms. The number of rotatable bonds is 7. The second kappa shape index (κ2) is 9.71. The standard InChI is InChI=1S/C27H30N2O4/c1-30-24-10-11-25(31-2)27-22(24)12-13-29-23(27)15-21(33-18-19-7-4-3-5-8-19)16-26(29)28-17-20-9-6-14-32-20/h3-5,7-8,10-11,15-16,20H,6,9,12-14,17-18H2,1-2H3. The third-order valence-electron chi connectivity index (χ3n) is 6.36. The SMILES string of the molecule is COc1ccc(OC)c2c1CCn1c-2cc(OCc2ccccc2)cc1=NCC1CCCO1. The summed E-state index contributed by atoms with van der Waals surface area (Å²) in [7, 11) is 3.42.